The van der Waals surface area contributed by atoms with E-state index in [9.17, 15) is 18.3 Å². The monoisotopic (exact) mass is 508 g/mol. The van der Waals surface area contributed by atoms with Crippen LogP contribution in [0.5, 0.6) is 0 Å². The lowest BCUT2D eigenvalue weighted by Crippen LogP contribution is -2.36. The zero-order valence-corrected chi connectivity index (χ0v) is 21.0. The van der Waals surface area contributed by atoms with Crippen molar-refractivity contribution in [3.05, 3.63) is 72.6 Å². The summed E-state index contributed by atoms with van der Waals surface area (Å²) in [5.74, 6) is -0.238. The van der Waals surface area contributed by atoms with Crippen LogP contribution in [0.1, 0.15) is 19.4 Å². The van der Waals surface area contributed by atoms with E-state index in [-0.39, 0.29) is 5.88 Å². The van der Waals surface area contributed by atoms with Crippen LogP contribution in [0.15, 0.2) is 67.0 Å². The van der Waals surface area contributed by atoms with Crippen molar-refractivity contribution in [2.75, 3.05) is 28.1 Å². The molecule has 0 bridgehead atoms. The van der Waals surface area contributed by atoms with Gasteiger partial charge in [-0.1, -0.05) is 18.2 Å². The summed E-state index contributed by atoms with van der Waals surface area (Å²) in [4.78, 5) is 21.0. The number of benzene rings is 2. The van der Waals surface area contributed by atoms with Crippen LogP contribution in [0, 0.1) is 0 Å². The Morgan fingerprint density at radius 1 is 1.06 bits per heavy atom. The number of fused-ring (bicyclic) bond motifs is 1. The molecule has 0 radical (unpaired) electrons. The zero-order valence-electron chi connectivity index (χ0n) is 20.2. The quantitative estimate of drug-likeness (QED) is 0.270. The van der Waals surface area contributed by atoms with E-state index in [1.807, 2.05) is 41.1 Å². The Balaban J connectivity index is 1.51. The zero-order chi connectivity index (χ0) is 25.9. The molecule has 0 aliphatic rings. The normalized spacial score (nSPS) is 11.9. The van der Waals surface area contributed by atoms with E-state index in [0.29, 0.717) is 18.2 Å². The van der Waals surface area contributed by atoms with E-state index in [2.05, 4.69) is 25.9 Å². The number of amides is 1. The molecule has 0 saturated carbocycles. The number of hydrogen-bond donors (Lipinski definition) is 4. The maximum absolute atomic E-state index is 11.9. The van der Waals surface area contributed by atoms with Crippen LogP contribution in [0.3, 0.4) is 0 Å². The number of rotatable bonds is 9. The fourth-order valence-electron chi connectivity index (χ4n) is 3.43. The van der Waals surface area contributed by atoms with Crippen LogP contribution in [0.2, 0.25) is 0 Å². The minimum Gasteiger partial charge on any atom is -0.381 e. The SMILES string of the molecule is CC(C)(O)C(=O)Nc1ccc(Nc2ncc3ccn(Cc4ccccc4NCS(C)(=O)=O)c3n2)cc1. The first kappa shape index (κ1) is 25.1. The minimum atomic E-state index is -3.17. The largest absolute Gasteiger partial charge is 0.381 e. The summed E-state index contributed by atoms with van der Waals surface area (Å²) in [7, 11) is -3.17. The van der Waals surface area contributed by atoms with E-state index in [0.717, 1.165) is 28.0 Å². The molecule has 0 spiro atoms. The molecule has 0 unspecified atom stereocenters. The standard InChI is InChI=1S/C25H28N6O4S/c1-25(2,33)23(32)28-19-8-10-20(11-9-19)29-24-26-14-17-12-13-31(22(17)30-24)15-18-6-4-5-7-21(18)27-16-36(3,34)35/h4-14,27,33H,15-16H2,1-3H3,(H,28,32)(H,26,29,30). The van der Waals surface area contributed by atoms with Gasteiger partial charge in [-0.2, -0.15) is 4.98 Å². The molecule has 36 heavy (non-hydrogen) atoms. The number of anilines is 4. The number of nitrogens with one attached hydrogen (secondary N) is 3. The average molecular weight is 509 g/mol. The van der Waals surface area contributed by atoms with Gasteiger partial charge in [0.1, 0.15) is 17.1 Å². The molecule has 10 nitrogen and oxygen atoms in total. The Labute approximate surface area is 209 Å². The van der Waals surface area contributed by atoms with Gasteiger partial charge in [-0.3, -0.25) is 4.79 Å². The Hall–Kier alpha value is -3.96. The van der Waals surface area contributed by atoms with Gasteiger partial charge in [-0.05, 0) is 55.8 Å². The molecular weight excluding hydrogens is 480 g/mol. The highest BCUT2D eigenvalue weighted by Gasteiger charge is 2.23. The fourth-order valence-corrected chi connectivity index (χ4v) is 3.85. The van der Waals surface area contributed by atoms with E-state index >= 15 is 0 Å². The summed E-state index contributed by atoms with van der Waals surface area (Å²) >= 11 is 0. The third kappa shape index (κ3) is 6.37. The molecule has 4 rings (SSSR count). The smallest absolute Gasteiger partial charge is 0.255 e. The molecular formula is C25H28N6O4S. The number of aromatic nitrogens is 3. The molecule has 4 N–H and O–H groups in total. The number of sulfone groups is 1. The molecule has 188 valence electrons. The van der Waals surface area contributed by atoms with Gasteiger partial charge in [-0.25, -0.2) is 13.4 Å². The lowest BCUT2D eigenvalue weighted by molar-refractivity contribution is -0.130. The van der Waals surface area contributed by atoms with E-state index in [1.54, 1.807) is 30.5 Å². The minimum absolute atomic E-state index is 0.146. The first-order chi connectivity index (χ1) is 17.0. The molecule has 2 aromatic heterocycles. The van der Waals surface area contributed by atoms with Crippen molar-refractivity contribution in [1.82, 2.24) is 14.5 Å². The van der Waals surface area contributed by atoms with Gasteiger partial charge in [0.15, 0.2) is 9.84 Å². The second-order valence-corrected chi connectivity index (χ2v) is 11.2. The van der Waals surface area contributed by atoms with Crippen molar-refractivity contribution in [2.24, 2.45) is 0 Å². The summed E-state index contributed by atoms with van der Waals surface area (Å²) in [6.45, 7) is 3.33. The highest BCUT2D eigenvalue weighted by atomic mass is 32.2. The maximum atomic E-state index is 11.9. The molecule has 1 amide bonds. The summed E-state index contributed by atoms with van der Waals surface area (Å²) < 4.78 is 25.1. The van der Waals surface area contributed by atoms with Crippen molar-refractivity contribution < 1.29 is 18.3 Å². The Morgan fingerprint density at radius 3 is 2.44 bits per heavy atom. The second-order valence-electron chi connectivity index (χ2n) is 9.04. The summed E-state index contributed by atoms with van der Waals surface area (Å²) in [5.41, 5.74) is 2.20. The molecule has 0 saturated heterocycles. The summed E-state index contributed by atoms with van der Waals surface area (Å²) in [5, 5.41) is 19.5. The number of para-hydroxylation sites is 1. The van der Waals surface area contributed by atoms with Crippen LogP contribution in [-0.4, -0.2) is 51.7 Å². The first-order valence-corrected chi connectivity index (χ1v) is 13.3. The van der Waals surface area contributed by atoms with Crippen molar-refractivity contribution >= 4 is 49.8 Å². The molecule has 4 aromatic rings. The predicted octanol–water partition coefficient (Wildman–Crippen LogP) is 3.35. The Morgan fingerprint density at radius 2 is 1.75 bits per heavy atom. The van der Waals surface area contributed by atoms with Crippen molar-refractivity contribution in [2.45, 2.75) is 26.0 Å². The lowest BCUT2D eigenvalue weighted by atomic mass is 10.1. The van der Waals surface area contributed by atoms with Crippen LogP contribution < -0.4 is 16.0 Å². The van der Waals surface area contributed by atoms with Gasteiger partial charge >= 0.3 is 0 Å². The number of nitrogens with zero attached hydrogens (tertiary/aromatic N) is 3. The predicted molar refractivity (Wildman–Crippen MR) is 141 cm³/mol. The van der Waals surface area contributed by atoms with E-state index in [1.165, 1.54) is 20.1 Å². The number of hydrogen-bond acceptors (Lipinski definition) is 8. The molecule has 0 fully saturated rings. The van der Waals surface area contributed by atoms with E-state index < -0.39 is 21.3 Å². The van der Waals surface area contributed by atoms with Crippen LogP contribution in [0.25, 0.3) is 11.0 Å². The topological polar surface area (TPSA) is 138 Å². The number of aliphatic hydroxyl groups is 1. The van der Waals surface area contributed by atoms with Crippen LogP contribution >= 0.6 is 0 Å². The highest BCUT2D eigenvalue weighted by molar-refractivity contribution is 7.90. The average Bonchev–Trinajstić information content (AvgIpc) is 3.20. The lowest BCUT2D eigenvalue weighted by Gasteiger charge is -2.16. The second kappa shape index (κ2) is 9.96. The number of carbonyl (C=O) groups excluding carboxylic acids is 1. The first-order valence-electron chi connectivity index (χ1n) is 11.2. The molecule has 11 heteroatoms. The highest BCUT2D eigenvalue weighted by Crippen LogP contribution is 2.22. The third-order valence-corrected chi connectivity index (χ3v) is 6.01. The maximum Gasteiger partial charge on any atom is 0.255 e. The van der Waals surface area contributed by atoms with Gasteiger partial charge in [0.25, 0.3) is 5.91 Å². The van der Waals surface area contributed by atoms with E-state index in [4.69, 9.17) is 0 Å². The van der Waals surface area contributed by atoms with Crippen molar-refractivity contribution in [3.8, 4) is 0 Å². The van der Waals surface area contributed by atoms with Crippen LogP contribution in [-0.2, 0) is 21.2 Å². The fraction of sp³-hybridized carbons (Fsp3) is 0.240. The number of carbonyl (C=O) groups is 1. The Bertz CT molecular complexity index is 1490. The van der Waals surface area contributed by atoms with Crippen molar-refractivity contribution in [1.29, 1.82) is 0 Å². The summed E-state index contributed by atoms with van der Waals surface area (Å²) in [6.07, 6.45) is 4.83. The molecule has 0 aliphatic carbocycles. The van der Waals surface area contributed by atoms with Gasteiger partial charge in [0.2, 0.25) is 5.95 Å². The van der Waals surface area contributed by atoms with Crippen LogP contribution in [0.4, 0.5) is 23.0 Å². The van der Waals surface area contributed by atoms with Gasteiger partial charge in [-0.15, -0.1) is 0 Å². The molecule has 2 heterocycles. The Kier molecular flexibility index (Phi) is 6.95. The molecule has 2 aromatic carbocycles. The molecule has 0 aliphatic heterocycles. The molecule has 0 atom stereocenters. The summed E-state index contributed by atoms with van der Waals surface area (Å²) in [6, 6.07) is 16.5. The third-order valence-electron chi connectivity index (χ3n) is 5.34. The van der Waals surface area contributed by atoms with Gasteiger partial charge in [0, 0.05) is 41.1 Å². The van der Waals surface area contributed by atoms with Gasteiger partial charge in [0.05, 0.1) is 6.54 Å². The van der Waals surface area contributed by atoms with Crippen molar-refractivity contribution in [3.63, 3.8) is 0 Å². The van der Waals surface area contributed by atoms with Gasteiger partial charge < -0.3 is 25.6 Å².